The molecule has 1 atom stereocenters. The lowest BCUT2D eigenvalue weighted by Crippen LogP contribution is -2.34. The van der Waals surface area contributed by atoms with Crippen molar-refractivity contribution >= 4 is 28.9 Å². The predicted molar refractivity (Wildman–Crippen MR) is 79.9 cm³/mol. The number of carboxylic acids is 1. The van der Waals surface area contributed by atoms with Gasteiger partial charge in [-0.2, -0.15) is 0 Å². The Kier molecular flexibility index (Phi) is 4.37. The summed E-state index contributed by atoms with van der Waals surface area (Å²) in [5.41, 5.74) is -0.164. The van der Waals surface area contributed by atoms with Gasteiger partial charge in [0.1, 0.15) is 0 Å². The first-order valence-electron chi connectivity index (χ1n) is 6.82. The summed E-state index contributed by atoms with van der Waals surface area (Å²) in [6.45, 7) is 2.93. The number of aliphatic carboxylic acids is 1. The van der Waals surface area contributed by atoms with Gasteiger partial charge in [0, 0.05) is 25.2 Å². The zero-order valence-corrected chi connectivity index (χ0v) is 12.5. The minimum Gasteiger partial charge on any atom is -0.481 e. The second kappa shape index (κ2) is 5.89. The summed E-state index contributed by atoms with van der Waals surface area (Å²) in [7, 11) is 0. The van der Waals surface area contributed by atoms with Crippen molar-refractivity contribution in [3.05, 3.63) is 33.3 Å². The molecule has 21 heavy (non-hydrogen) atoms. The number of benzene rings is 1. The number of non-ortho nitro benzene ring substituents is 1. The lowest BCUT2D eigenvalue weighted by Gasteiger charge is -2.25. The van der Waals surface area contributed by atoms with Gasteiger partial charge in [0.15, 0.2) is 0 Å². The van der Waals surface area contributed by atoms with Crippen LogP contribution in [0.3, 0.4) is 0 Å². The molecule has 0 saturated carbocycles. The lowest BCUT2D eigenvalue weighted by molar-refractivity contribution is -0.384. The third-order valence-corrected chi connectivity index (χ3v) is 4.32. The highest BCUT2D eigenvalue weighted by atomic mass is 35.5. The van der Waals surface area contributed by atoms with E-state index < -0.39 is 16.3 Å². The normalized spacial score (nSPS) is 21.5. The Bertz CT molecular complexity index is 578. The van der Waals surface area contributed by atoms with Gasteiger partial charge in [0.05, 0.1) is 21.0 Å². The monoisotopic (exact) mass is 312 g/mol. The van der Waals surface area contributed by atoms with Crippen molar-refractivity contribution in [2.24, 2.45) is 5.41 Å². The fourth-order valence-electron chi connectivity index (χ4n) is 2.91. The molecule has 1 aliphatic heterocycles. The SMILES string of the molecule is CCCC1(C(=O)O)CCN(c2ccc([N+](=O)[O-])cc2Cl)C1. The molecule has 1 aliphatic rings. The third kappa shape index (κ3) is 2.95. The number of hydrogen-bond donors (Lipinski definition) is 1. The maximum absolute atomic E-state index is 11.6. The summed E-state index contributed by atoms with van der Waals surface area (Å²) in [6, 6.07) is 4.28. The largest absolute Gasteiger partial charge is 0.481 e. The van der Waals surface area contributed by atoms with E-state index in [0.29, 0.717) is 31.6 Å². The van der Waals surface area contributed by atoms with E-state index in [1.165, 1.54) is 12.1 Å². The summed E-state index contributed by atoms with van der Waals surface area (Å²) in [4.78, 5) is 23.7. The summed E-state index contributed by atoms with van der Waals surface area (Å²) >= 11 is 6.11. The minimum absolute atomic E-state index is 0.0685. The lowest BCUT2D eigenvalue weighted by atomic mass is 9.83. The van der Waals surface area contributed by atoms with Crippen molar-refractivity contribution in [2.75, 3.05) is 18.0 Å². The van der Waals surface area contributed by atoms with Crippen LogP contribution in [0.15, 0.2) is 18.2 Å². The molecule has 0 bridgehead atoms. The smallest absolute Gasteiger partial charge is 0.311 e. The number of nitro groups is 1. The van der Waals surface area contributed by atoms with Gasteiger partial charge in [-0.25, -0.2) is 0 Å². The van der Waals surface area contributed by atoms with Crippen molar-refractivity contribution in [1.82, 2.24) is 0 Å². The first-order valence-corrected chi connectivity index (χ1v) is 7.20. The number of rotatable bonds is 5. The molecule has 1 heterocycles. The van der Waals surface area contributed by atoms with Gasteiger partial charge in [0.2, 0.25) is 0 Å². The Hall–Kier alpha value is -1.82. The van der Waals surface area contributed by atoms with Gasteiger partial charge in [-0.15, -0.1) is 0 Å². The Morgan fingerprint density at radius 3 is 2.81 bits per heavy atom. The number of anilines is 1. The van der Waals surface area contributed by atoms with Crippen LogP contribution in [-0.2, 0) is 4.79 Å². The molecule has 1 fully saturated rings. The quantitative estimate of drug-likeness (QED) is 0.666. The summed E-state index contributed by atoms with van der Waals surface area (Å²) in [5, 5.41) is 20.5. The Morgan fingerprint density at radius 2 is 2.29 bits per heavy atom. The summed E-state index contributed by atoms with van der Waals surface area (Å²) in [5.74, 6) is -0.787. The molecule has 0 amide bonds. The molecular formula is C14H17ClN2O4. The van der Waals surface area contributed by atoms with Gasteiger partial charge >= 0.3 is 5.97 Å². The molecule has 1 N–H and O–H groups in total. The van der Waals surface area contributed by atoms with E-state index in [2.05, 4.69) is 0 Å². The molecule has 6 nitrogen and oxygen atoms in total. The number of halogens is 1. The highest BCUT2D eigenvalue weighted by Gasteiger charge is 2.44. The Balaban J connectivity index is 2.25. The van der Waals surface area contributed by atoms with Crippen LogP contribution in [0.1, 0.15) is 26.2 Å². The van der Waals surface area contributed by atoms with Gasteiger partial charge in [-0.05, 0) is 18.9 Å². The Labute approximate surface area is 127 Å². The van der Waals surface area contributed by atoms with Crippen LogP contribution in [0.2, 0.25) is 5.02 Å². The standard InChI is InChI=1S/C14H17ClN2O4/c1-2-5-14(13(18)19)6-7-16(9-14)12-4-3-10(17(20)21)8-11(12)15/h3-4,8H,2,5-7,9H2,1H3,(H,18,19). The van der Waals surface area contributed by atoms with Gasteiger partial charge < -0.3 is 10.0 Å². The van der Waals surface area contributed by atoms with Crippen molar-refractivity contribution in [1.29, 1.82) is 0 Å². The molecular weight excluding hydrogens is 296 g/mol. The second-order valence-corrected chi connectivity index (χ2v) is 5.81. The fraction of sp³-hybridized carbons (Fsp3) is 0.500. The van der Waals surface area contributed by atoms with E-state index >= 15 is 0 Å². The van der Waals surface area contributed by atoms with Crippen LogP contribution >= 0.6 is 11.6 Å². The molecule has 1 unspecified atom stereocenters. The highest BCUT2D eigenvalue weighted by molar-refractivity contribution is 6.33. The van der Waals surface area contributed by atoms with Gasteiger partial charge in [-0.1, -0.05) is 24.9 Å². The van der Waals surface area contributed by atoms with Crippen molar-refractivity contribution in [3.8, 4) is 0 Å². The number of nitrogens with zero attached hydrogens (tertiary/aromatic N) is 2. The van der Waals surface area contributed by atoms with E-state index in [4.69, 9.17) is 11.6 Å². The van der Waals surface area contributed by atoms with Crippen LogP contribution in [0.4, 0.5) is 11.4 Å². The molecule has 1 aromatic rings. The van der Waals surface area contributed by atoms with Gasteiger partial charge in [-0.3, -0.25) is 14.9 Å². The molecule has 2 rings (SSSR count). The molecule has 7 heteroatoms. The molecule has 0 radical (unpaired) electrons. The molecule has 0 spiro atoms. The van der Waals surface area contributed by atoms with Crippen molar-refractivity contribution in [3.63, 3.8) is 0 Å². The number of carbonyl (C=O) groups is 1. The van der Waals surface area contributed by atoms with Crippen LogP contribution in [-0.4, -0.2) is 29.1 Å². The maximum Gasteiger partial charge on any atom is 0.311 e. The van der Waals surface area contributed by atoms with Crippen LogP contribution in [0, 0.1) is 15.5 Å². The van der Waals surface area contributed by atoms with Crippen molar-refractivity contribution in [2.45, 2.75) is 26.2 Å². The maximum atomic E-state index is 11.6. The van der Waals surface area contributed by atoms with Crippen LogP contribution in [0.25, 0.3) is 0 Å². The summed E-state index contributed by atoms with van der Waals surface area (Å²) < 4.78 is 0. The molecule has 0 aromatic heterocycles. The third-order valence-electron chi connectivity index (χ3n) is 4.02. The first-order chi connectivity index (χ1) is 9.89. The second-order valence-electron chi connectivity index (χ2n) is 5.40. The van der Waals surface area contributed by atoms with Crippen LogP contribution < -0.4 is 4.90 Å². The van der Waals surface area contributed by atoms with Crippen LogP contribution in [0.5, 0.6) is 0 Å². The Morgan fingerprint density at radius 1 is 1.57 bits per heavy atom. The molecule has 114 valence electrons. The van der Waals surface area contributed by atoms with Crippen molar-refractivity contribution < 1.29 is 14.8 Å². The summed E-state index contributed by atoms with van der Waals surface area (Å²) in [6.07, 6.45) is 1.97. The first kappa shape index (κ1) is 15.6. The number of carboxylic acid groups (broad SMARTS) is 1. The average Bonchev–Trinajstić information content (AvgIpc) is 2.84. The molecule has 1 saturated heterocycles. The molecule has 1 aromatic carbocycles. The van der Waals surface area contributed by atoms with E-state index in [9.17, 15) is 20.0 Å². The zero-order chi connectivity index (χ0) is 15.6. The highest BCUT2D eigenvalue weighted by Crippen LogP contribution is 2.40. The van der Waals surface area contributed by atoms with E-state index in [0.717, 1.165) is 6.42 Å². The number of hydrogen-bond acceptors (Lipinski definition) is 4. The topological polar surface area (TPSA) is 83.7 Å². The number of nitro benzene ring substituents is 1. The fourth-order valence-corrected chi connectivity index (χ4v) is 3.20. The molecule has 0 aliphatic carbocycles. The van der Waals surface area contributed by atoms with E-state index in [-0.39, 0.29) is 10.7 Å². The van der Waals surface area contributed by atoms with Gasteiger partial charge in [0.25, 0.3) is 5.69 Å². The zero-order valence-electron chi connectivity index (χ0n) is 11.7. The van der Waals surface area contributed by atoms with E-state index in [1.54, 1.807) is 6.07 Å². The predicted octanol–water partition coefficient (Wildman–Crippen LogP) is 3.33. The average molecular weight is 313 g/mol. The van der Waals surface area contributed by atoms with E-state index in [1.807, 2.05) is 11.8 Å². The minimum atomic E-state index is -0.787.